The van der Waals surface area contributed by atoms with Crippen LogP contribution in [0, 0.1) is 0 Å². The monoisotopic (exact) mass is 259 g/mol. The number of hydrogen-bond donors (Lipinski definition) is 1. The Hall–Kier alpha value is -1.35. The van der Waals surface area contributed by atoms with Gasteiger partial charge in [0.1, 0.15) is 0 Å². The van der Waals surface area contributed by atoms with Gasteiger partial charge in [0.25, 0.3) is 5.91 Å². The van der Waals surface area contributed by atoms with E-state index in [0.717, 1.165) is 31.2 Å². The average molecular weight is 259 g/mol. The van der Waals surface area contributed by atoms with Crippen LogP contribution in [0.15, 0.2) is 18.2 Å². The molecule has 19 heavy (non-hydrogen) atoms. The van der Waals surface area contributed by atoms with Gasteiger partial charge >= 0.3 is 0 Å². The smallest absolute Gasteiger partial charge is 0.254 e. The molecule has 0 heterocycles. The number of benzene rings is 1. The van der Waals surface area contributed by atoms with Crippen LogP contribution in [0.2, 0.25) is 0 Å². The van der Waals surface area contributed by atoms with Gasteiger partial charge in [-0.25, -0.2) is 0 Å². The topological polar surface area (TPSA) is 40.5 Å². The molecule has 2 aliphatic carbocycles. The number of aryl methyl sites for hydroxylation is 2. The van der Waals surface area contributed by atoms with Crippen LogP contribution in [-0.2, 0) is 12.8 Å². The van der Waals surface area contributed by atoms with Gasteiger partial charge in [-0.1, -0.05) is 6.07 Å². The quantitative estimate of drug-likeness (QED) is 0.900. The van der Waals surface area contributed by atoms with E-state index in [1.165, 1.54) is 24.0 Å². The second-order valence-corrected chi connectivity index (χ2v) is 5.64. The van der Waals surface area contributed by atoms with Crippen molar-refractivity contribution in [2.75, 3.05) is 13.2 Å². The lowest BCUT2D eigenvalue weighted by Gasteiger charge is -2.23. The second-order valence-electron chi connectivity index (χ2n) is 5.64. The first kappa shape index (κ1) is 12.7. The number of hydrogen-bond acceptors (Lipinski definition) is 2. The van der Waals surface area contributed by atoms with Crippen molar-refractivity contribution in [3.63, 3.8) is 0 Å². The van der Waals surface area contributed by atoms with Gasteiger partial charge < -0.3 is 10.0 Å². The van der Waals surface area contributed by atoms with Crippen molar-refractivity contribution in [2.24, 2.45) is 0 Å². The van der Waals surface area contributed by atoms with Crippen molar-refractivity contribution < 1.29 is 9.90 Å². The van der Waals surface area contributed by atoms with Crippen LogP contribution in [0.25, 0.3) is 0 Å². The molecule has 102 valence electrons. The molecule has 0 radical (unpaired) electrons. The summed E-state index contributed by atoms with van der Waals surface area (Å²) in [6, 6.07) is 6.50. The van der Waals surface area contributed by atoms with Gasteiger partial charge in [-0.15, -0.1) is 0 Å². The minimum atomic E-state index is 0.0488. The number of rotatable bonds is 4. The van der Waals surface area contributed by atoms with Gasteiger partial charge in [0, 0.05) is 18.2 Å². The highest BCUT2D eigenvalue weighted by molar-refractivity contribution is 5.95. The van der Waals surface area contributed by atoms with Gasteiger partial charge in [-0.3, -0.25) is 4.79 Å². The molecular formula is C16H21NO2. The molecule has 0 bridgehead atoms. The zero-order valence-electron chi connectivity index (χ0n) is 11.3. The molecule has 0 saturated heterocycles. The molecule has 1 N–H and O–H groups in total. The lowest BCUT2D eigenvalue weighted by atomic mass is 9.90. The summed E-state index contributed by atoms with van der Waals surface area (Å²) >= 11 is 0. The zero-order chi connectivity index (χ0) is 13.2. The van der Waals surface area contributed by atoms with Crippen LogP contribution in [0.1, 0.15) is 47.2 Å². The van der Waals surface area contributed by atoms with Gasteiger partial charge in [0.05, 0.1) is 6.61 Å². The molecule has 1 aromatic rings. The van der Waals surface area contributed by atoms with E-state index in [1.807, 2.05) is 11.0 Å². The van der Waals surface area contributed by atoms with E-state index in [9.17, 15) is 4.79 Å². The number of carbonyl (C=O) groups is 1. The Labute approximate surface area is 114 Å². The fourth-order valence-electron chi connectivity index (χ4n) is 2.98. The Balaban J connectivity index is 1.82. The molecule has 1 aromatic carbocycles. The van der Waals surface area contributed by atoms with Crippen molar-refractivity contribution in [1.29, 1.82) is 0 Å². The van der Waals surface area contributed by atoms with Crippen molar-refractivity contribution >= 4 is 5.91 Å². The molecule has 0 aliphatic heterocycles. The summed E-state index contributed by atoms with van der Waals surface area (Å²) in [5.41, 5.74) is 3.54. The summed E-state index contributed by atoms with van der Waals surface area (Å²) in [5.74, 6) is 0.0879. The maximum atomic E-state index is 12.5. The molecule has 3 heteroatoms. The summed E-state index contributed by atoms with van der Waals surface area (Å²) in [7, 11) is 0. The standard InChI is InChI=1S/C16H21NO2/c18-10-9-17(15-7-8-15)16(19)14-6-5-12-3-1-2-4-13(12)11-14/h5-6,11,15,18H,1-4,7-10H2. The lowest BCUT2D eigenvalue weighted by molar-refractivity contribution is 0.0707. The van der Waals surface area contributed by atoms with Crippen LogP contribution in [-0.4, -0.2) is 35.1 Å². The predicted molar refractivity (Wildman–Crippen MR) is 74.2 cm³/mol. The van der Waals surface area contributed by atoms with Gasteiger partial charge in [0.15, 0.2) is 0 Å². The minimum Gasteiger partial charge on any atom is -0.395 e. The predicted octanol–water partition coefficient (Wildman–Crippen LogP) is 2.16. The first-order valence-electron chi connectivity index (χ1n) is 7.33. The summed E-state index contributed by atoms with van der Waals surface area (Å²) in [6.07, 6.45) is 6.90. The minimum absolute atomic E-state index is 0.0488. The van der Waals surface area contributed by atoms with E-state index >= 15 is 0 Å². The van der Waals surface area contributed by atoms with E-state index in [-0.39, 0.29) is 12.5 Å². The van der Waals surface area contributed by atoms with Crippen molar-refractivity contribution in [3.05, 3.63) is 34.9 Å². The van der Waals surface area contributed by atoms with Crippen LogP contribution < -0.4 is 0 Å². The summed E-state index contributed by atoms with van der Waals surface area (Å²) < 4.78 is 0. The Morgan fingerprint density at radius 3 is 2.63 bits per heavy atom. The number of aliphatic hydroxyl groups is 1. The molecular weight excluding hydrogens is 238 g/mol. The summed E-state index contributed by atoms with van der Waals surface area (Å²) in [6.45, 7) is 0.508. The molecule has 2 aliphatic rings. The number of amides is 1. The largest absolute Gasteiger partial charge is 0.395 e. The van der Waals surface area contributed by atoms with Crippen molar-refractivity contribution in [1.82, 2.24) is 4.90 Å². The fourth-order valence-corrected chi connectivity index (χ4v) is 2.98. The first-order chi connectivity index (χ1) is 9.29. The van der Waals surface area contributed by atoms with Crippen LogP contribution in [0.3, 0.4) is 0 Å². The van der Waals surface area contributed by atoms with E-state index in [0.29, 0.717) is 12.6 Å². The number of fused-ring (bicyclic) bond motifs is 1. The van der Waals surface area contributed by atoms with Gasteiger partial charge in [-0.2, -0.15) is 0 Å². The molecule has 1 saturated carbocycles. The summed E-state index contributed by atoms with van der Waals surface area (Å²) in [5, 5.41) is 9.11. The lowest BCUT2D eigenvalue weighted by Crippen LogP contribution is -2.35. The molecule has 3 nitrogen and oxygen atoms in total. The van der Waals surface area contributed by atoms with Crippen LogP contribution >= 0.6 is 0 Å². The van der Waals surface area contributed by atoms with Crippen LogP contribution in [0.5, 0.6) is 0 Å². The molecule has 0 unspecified atom stereocenters. The van der Waals surface area contributed by atoms with E-state index < -0.39 is 0 Å². The Morgan fingerprint density at radius 1 is 1.21 bits per heavy atom. The second kappa shape index (κ2) is 5.33. The Morgan fingerprint density at radius 2 is 1.95 bits per heavy atom. The highest BCUT2D eigenvalue weighted by Crippen LogP contribution is 2.29. The molecule has 0 aromatic heterocycles. The molecule has 0 atom stereocenters. The molecule has 0 spiro atoms. The Kier molecular flexibility index (Phi) is 3.56. The fraction of sp³-hybridized carbons (Fsp3) is 0.562. The third-order valence-corrected chi connectivity index (χ3v) is 4.18. The van der Waals surface area contributed by atoms with Gasteiger partial charge in [0.2, 0.25) is 0 Å². The average Bonchev–Trinajstić information content (AvgIpc) is 3.28. The zero-order valence-corrected chi connectivity index (χ0v) is 11.3. The molecule has 1 amide bonds. The van der Waals surface area contributed by atoms with Gasteiger partial charge in [-0.05, 0) is 61.8 Å². The maximum Gasteiger partial charge on any atom is 0.254 e. The third kappa shape index (κ3) is 2.66. The molecule has 1 fully saturated rings. The summed E-state index contributed by atoms with van der Waals surface area (Å²) in [4.78, 5) is 14.4. The SMILES string of the molecule is O=C(c1ccc2c(c1)CCCC2)N(CCO)C1CC1. The van der Waals surface area contributed by atoms with Crippen LogP contribution in [0.4, 0.5) is 0 Å². The maximum absolute atomic E-state index is 12.5. The van der Waals surface area contributed by atoms with Crippen molar-refractivity contribution in [2.45, 2.75) is 44.6 Å². The Bertz CT molecular complexity index is 480. The normalized spacial score (nSPS) is 17.9. The highest BCUT2D eigenvalue weighted by atomic mass is 16.3. The number of aliphatic hydroxyl groups excluding tert-OH is 1. The molecule has 3 rings (SSSR count). The first-order valence-corrected chi connectivity index (χ1v) is 7.33. The van der Waals surface area contributed by atoms with E-state index in [1.54, 1.807) is 0 Å². The van der Waals surface area contributed by atoms with E-state index in [2.05, 4.69) is 12.1 Å². The number of nitrogens with zero attached hydrogens (tertiary/aromatic N) is 1. The number of carbonyl (C=O) groups excluding carboxylic acids is 1. The van der Waals surface area contributed by atoms with Crippen molar-refractivity contribution in [3.8, 4) is 0 Å². The third-order valence-electron chi connectivity index (χ3n) is 4.18. The van der Waals surface area contributed by atoms with E-state index in [4.69, 9.17) is 5.11 Å². The highest BCUT2D eigenvalue weighted by Gasteiger charge is 2.32.